The standard InChI is InChI=1S/C28H35F3N4O4Si/c1-26(2,3)39-25(36)27(4,5)16-38-19-10-8-18(9-11-19)21-13-12-20-22-33-24(28(29,30)31)35(34-22)17-37-14-15-40(6,7)23(20)32-21/h8-13H,14-17H2,1-7H3. The van der Waals surface area contributed by atoms with Gasteiger partial charge in [0.1, 0.15) is 32.8 Å². The van der Waals surface area contributed by atoms with Crippen LogP contribution in [0, 0.1) is 5.41 Å². The van der Waals surface area contributed by atoms with E-state index in [0.717, 1.165) is 15.6 Å². The van der Waals surface area contributed by atoms with E-state index in [1.807, 2.05) is 32.9 Å². The third-order valence-electron chi connectivity index (χ3n) is 6.49. The van der Waals surface area contributed by atoms with Gasteiger partial charge < -0.3 is 14.2 Å². The number of hydrogen-bond donors (Lipinski definition) is 0. The summed E-state index contributed by atoms with van der Waals surface area (Å²) in [5, 5.41) is 4.85. The fraction of sp³-hybridized carbons (Fsp3) is 0.500. The Morgan fingerprint density at radius 1 is 1.02 bits per heavy atom. The Kier molecular flexibility index (Phi) is 7.89. The molecule has 0 saturated carbocycles. The Labute approximate surface area is 232 Å². The van der Waals surface area contributed by atoms with E-state index in [1.54, 1.807) is 38.1 Å². The van der Waals surface area contributed by atoms with Crippen molar-refractivity contribution in [1.82, 2.24) is 19.7 Å². The van der Waals surface area contributed by atoms with Crippen LogP contribution in [0.25, 0.3) is 22.6 Å². The fourth-order valence-corrected chi connectivity index (χ4v) is 6.37. The smallest absolute Gasteiger partial charge is 0.451 e. The quantitative estimate of drug-likeness (QED) is 0.285. The molecule has 0 N–H and O–H groups in total. The van der Waals surface area contributed by atoms with E-state index >= 15 is 0 Å². The van der Waals surface area contributed by atoms with Gasteiger partial charge in [0.15, 0.2) is 5.82 Å². The minimum absolute atomic E-state index is 0.0104. The molecule has 1 aliphatic rings. The molecule has 1 aliphatic heterocycles. The third kappa shape index (κ3) is 6.72. The number of fused-ring (bicyclic) bond motifs is 4. The highest BCUT2D eigenvalue weighted by atomic mass is 28.3. The number of nitrogens with zero attached hydrogens (tertiary/aromatic N) is 4. The zero-order valence-corrected chi connectivity index (χ0v) is 24.8. The van der Waals surface area contributed by atoms with Crippen LogP contribution in [0.3, 0.4) is 0 Å². The molecule has 3 heterocycles. The predicted octanol–water partition coefficient (Wildman–Crippen LogP) is 5.68. The van der Waals surface area contributed by atoms with E-state index in [-0.39, 0.29) is 25.1 Å². The van der Waals surface area contributed by atoms with Crippen LogP contribution < -0.4 is 10.1 Å². The lowest BCUT2D eigenvalue weighted by Crippen LogP contribution is -2.46. The largest absolute Gasteiger partial charge is 0.492 e. The SMILES string of the molecule is CC(C)(C)OC(=O)C(C)(C)COc1ccc(-c2ccc3c(n2)[Si](C)(C)CCOCn2nc-3nc2C(F)(F)F)cc1. The van der Waals surface area contributed by atoms with Crippen molar-refractivity contribution in [1.29, 1.82) is 0 Å². The lowest BCUT2D eigenvalue weighted by atomic mass is 9.94. The summed E-state index contributed by atoms with van der Waals surface area (Å²) in [6.07, 6.45) is -4.66. The van der Waals surface area contributed by atoms with Crippen LogP contribution in [0.5, 0.6) is 5.75 Å². The molecular weight excluding hydrogens is 541 g/mol. The van der Waals surface area contributed by atoms with Crippen LogP contribution in [0.2, 0.25) is 19.1 Å². The topological polar surface area (TPSA) is 88.4 Å². The molecule has 3 aromatic rings. The summed E-state index contributed by atoms with van der Waals surface area (Å²) in [6, 6.07) is 11.5. The number of alkyl halides is 3. The van der Waals surface area contributed by atoms with Crippen LogP contribution in [-0.2, 0) is 27.2 Å². The van der Waals surface area contributed by atoms with Crippen molar-refractivity contribution in [2.45, 2.75) is 72.3 Å². The van der Waals surface area contributed by atoms with Crippen molar-refractivity contribution in [3.8, 4) is 28.4 Å². The highest BCUT2D eigenvalue weighted by Crippen LogP contribution is 2.32. The summed E-state index contributed by atoms with van der Waals surface area (Å²) in [6.45, 7) is 13.4. The van der Waals surface area contributed by atoms with E-state index < -0.39 is 31.1 Å². The minimum Gasteiger partial charge on any atom is -0.492 e. The monoisotopic (exact) mass is 576 g/mol. The molecule has 216 valence electrons. The number of carbonyl (C=O) groups is 1. The molecule has 40 heavy (non-hydrogen) atoms. The Bertz CT molecular complexity index is 1380. The van der Waals surface area contributed by atoms with Gasteiger partial charge in [0.05, 0.1) is 11.1 Å². The van der Waals surface area contributed by atoms with Gasteiger partial charge in [-0.05, 0) is 77.1 Å². The second-order valence-corrected chi connectivity index (χ2v) is 17.0. The highest BCUT2D eigenvalue weighted by Gasteiger charge is 2.40. The molecule has 12 heteroatoms. The molecule has 0 amide bonds. The van der Waals surface area contributed by atoms with Gasteiger partial charge in [-0.15, -0.1) is 5.10 Å². The van der Waals surface area contributed by atoms with Gasteiger partial charge in [-0.2, -0.15) is 13.2 Å². The second-order valence-electron chi connectivity index (χ2n) is 12.2. The van der Waals surface area contributed by atoms with E-state index in [1.165, 1.54) is 0 Å². The van der Waals surface area contributed by atoms with Gasteiger partial charge in [0, 0.05) is 23.1 Å². The summed E-state index contributed by atoms with van der Waals surface area (Å²) in [5.74, 6) is -0.860. The fourth-order valence-electron chi connectivity index (χ4n) is 4.13. The summed E-state index contributed by atoms with van der Waals surface area (Å²) in [7, 11) is -2.25. The van der Waals surface area contributed by atoms with Crippen LogP contribution in [0.1, 0.15) is 40.4 Å². The van der Waals surface area contributed by atoms with Gasteiger partial charge >= 0.3 is 12.1 Å². The number of hydrogen-bond acceptors (Lipinski definition) is 7. The van der Waals surface area contributed by atoms with Crippen molar-refractivity contribution in [2.24, 2.45) is 5.41 Å². The summed E-state index contributed by atoms with van der Waals surface area (Å²) < 4.78 is 58.5. The zero-order valence-electron chi connectivity index (χ0n) is 23.8. The van der Waals surface area contributed by atoms with E-state index in [0.29, 0.717) is 29.7 Å². The molecule has 0 unspecified atom stereocenters. The molecule has 0 atom stereocenters. The lowest BCUT2D eigenvalue weighted by Gasteiger charge is -2.28. The molecule has 2 bridgehead atoms. The van der Waals surface area contributed by atoms with Gasteiger partial charge in [-0.3, -0.25) is 9.78 Å². The van der Waals surface area contributed by atoms with Crippen molar-refractivity contribution in [3.63, 3.8) is 0 Å². The van der Waals surface area contributed by atoms with Crippen LogP contribution >= 0.6 is 0 Å². The number of carbonyl (C=O) groups excluding carboxylic acids is 1. The maximum atomic E-state index is 13.6. The first-order valence-electron chi connectivity index (χ1n) is 13.0. The van der Waals surface area contributed by atoms with Gasteiger partial charge in [0.25, 0.3) is 0 Å². The first-order valence-corrected chi connectivity index (χ1v) is 16.3. The number of halogens is 3. The lowest BCUT2D eigenvalue weighted by molar-refractivity contribution is -0.167. The van der Waals surface area contributed by atoms with Crippen LogP contribution in [0.15, 0.2) is 36.4 Å². The third-order valence-corrected chi connectivity index (χ3v) is 9.61. The second kappa shape index (κ2) is 10.6. The summed E-state index contributed by atoms with van der Waals surface area (Å²) in [5.41, 5.74) is 0.571. The Balaban J connectivity index is 1.60. The van der Waals surface area contributed by atoms with E-state index in [9.17, 15) is 18.0 Å². The van der Waals surface area contributed by atoms with Crippen molar-refractivity contribution in [2.75, 3.05) is 13.2 Å². The van der Waals surface area contributed by atoms with Gasteiger partial charge in [-0.25, -0.2) is 9.67 Å². The van der Waals surface area contributed by atoms with Crippen molar-refractivity contribution >= 4 is 19.4 Å². The van der Waals surface area contributed by atoms with Crippen LogP contribution in [-0.4, -0.2) is 52.6 Å². The maximum Gasteiger partial charge on any atom is 0.451 e. The average molecular weight is 577 g/mol. The average Bonchev–Trinajstić information content (AvgIpc) is 3.28. The minimum atomic E-state index is -4.66. The molecule has 0 aliphatic carbocycles. The van der Waals surface area contributed by atoms with Crippen molar-refractivity contribution in [3.05, 3.63) is 42.2 Å². The molecule has 2 aromatic heterocycles. The number of ether oxygens (including phenoxy) is 3. The normalized spacial score (nSPS) is 15.8. The predicted molar refractivity (Wildman–Crippen MR) is 147 cm³/mol. The Morgan fingerprint density at radius 2 is 1.70 bits per heavy atom. The Hall–Kier alpha value is -3.25. The first-order chi connectivity index (χ1) is 18.5. The number of pyridine rings is 1. The Morgan fingerprint density at radius 3 is 2.33 bits per heavy atom. The van der Waals surface area contributed by atoms with Crippen molar-refractivity contribution < 1.29 is 32.2 Å². The molecule has 4 rings (SSSR count). The number of esters is 1. The maximum absolute atomic E-state index is 13.6. The molecule has 1 aromatic carbocycles. The number of aromatic nitrogens is 4. The summed E-state index contributed by atoms with van der Waals surface area (Å²) in [4.78, 5) is 21.3. The summed E-state index contributed by atoms with van der Waals surface area (Å²) >= 11 is 0. The zero-order chi connectivity index (χ0) is 29.5. The molecular formula is C28H35F3N4O4Si. The van der Waals surface area contributed by atoms with Gasteiger partial charge in [0.2, 0.25) is 5.82 Å². The molecule has 0 saturated heterocycles. The number of benzene rings is 1. The number of rotatable bonds is 5. The molecule has 0 fully saturated rings. The van der Waals surface area contributed by atoms with Crippen LogP contribution in [0.4, 0.5) is 13.2 Å². The first kappa shape index (κ1) is 29.7. The van der Waals surface area contributed by atoms with E-state index in [4.69, 9.17) is 19.2 Å². The highest BCUT2D eigenvalue weighted by molar-refractivity contribution is 6.90. The molecule has 0 radical (unpaired) electrons. The molecule has 0 spiro atoms. The van der Waals surface area contributed by atoms with Gasteiger partial charge in [-0.1, -0.05) is 13.1 Å². The molecule has 8 nitrogen and oxygen atoms in total. The van der Waals surface area contributed by atoms with E-state index in [2.05, 4.69) is 23.2 Å².